The first-order valence-corrected chi connectivity index (χ1v) is 7.49. The van der Waals surface area contributed by atoms with Gasteiger partial charge in [0.25, 0.3) is 0 Å². The Morgan fingerprint density at radius 3 is 2.40 bits per heavy atom. The lowest BCUT2D eigenvalue weighted by Crippen LogP contribution is -2.30. The van der Waals surface area contributed by atoms with Gasteiger partial charge in [0.05, 0.1) is 0 Å². The summed E-state index contributed by atoms with van der Waals surface area (Å²) in [4.78, 5) is 12.0. The van der Waals surface area contributed by atoms with Gasteiger partial charge < -0.3 is 11.1 Å². The van der Waals surface area contributed by atoms with Gasteiger partial charge in [0, 0.05) is 18.5 Å². The van der Waals surface area contributed by atoms with Crippen molar-refractivity contribution in [1.82, 2.24) is 5.32 Å². The molecule has 0 aromatic heterocycles. The Hall–Kier alpha value is -1.35. The Bertz CT molecular complexity index is 459. The van der Waals surface area contributed by atoms with Crippen molar-refractivity contribution >= 4 is 5.91 Å². The zero-order chi connectivity index (χ0) is 14.8. The quantitative estimate of drug-likeness (QED) is 0.890. The predicted molar refractivity (Wildman–Crippen MR) is 82.3 cm³/mol. The standard InChI is InChI=1S/C17H26N2O/c1-17(2,3)14-7-4-12(5-8-14)11-19-16(20)13-6-9-15(18)10-13/h4-5,7-8,13,15H,6,9-11,18H2,1-3H3,(H,19,20). The molecule has 20 heavy (non-hydrogen) atoms. The first kappa shape index (κ1) is 15.0. The van der Waals surface area contributed by atoms with Crippen LogP contribution >= 0.6 is 0 Å². The maximum Gasteiger partial charge on any atom is 0.223 e. The topological polar surface area (TPSA) is 55.1 Å². The molecule has 1 aliphatic carbocycles. The van der Waals surface area contributed by atoms with Crippen molar-refractivity contribution in [2.75, 3.05) is 0 Å². The molecule has 1 amide bonds. The monoisotopic (exact) mass is 274 g/mol. The Morgan fingerprint density at radius 1 is 1.25 bits per heavy atom. The van der Waals surface area contributed by atoms with Crippen molar-refractivity contribution in [2.24, 2.45) is 11.7 Å². The number of nitrogens with one attached hydrogen (secondary N) is 1. The molecule has 0 heterocycles. The van der Waals surface area contributed by atoms with Gasteiger partial charge >= 0.3 is 0 Å². The van der Waals surface area contributed by atoms with Crippen LogP contribution in [0.5, 0.6) is 0 Å². The summed E-state index contributed by atoms with van der Waals surface area (Å²) in [5, 5.41) is 3.03. The Morgan fingerprint density at radius 2 is 1.90 bits per heavy atom. The second-order valence-corrected chi connectivity index (χ2v) is 6.93. The second kappa shape index (κ2) is 5.96. The van der Waals surface area contributed by atoms with Crippen LogP contribution < -0.4 is 11.1 Å². The predicted octanol–water partition coefficient (Wildman–Crippen LogP) is 2.73. The number of benzene rings is 1. The van der Waals surface area contributed by atoms with Crippen LogP contribution in [0.1, 0.15) is 51.2 Å². The lowest BCUT2D eigenvalue weighted by molar-refractivity contribution is -0.125. The molecule has 0 saturated heterocycles. The first-order valence-electron chi connectivity index (χ1n) is 7.49. The molecule has 1 saturated carbocycles. The summed E-state index contributed by atoms with van der Waals surface area (Å²) in [7, 11) is 0. The SMILES string of the molecule is CC(C)(C)c1ccc(CNC(=O)C2CCC(N)C2)cc1. The molecule has 1 aromatic rings. The minimum Gasteiger partial charge on any atom is -0.352 e. The number of hydrogen-bond donors (Lipinski definition) is 2. The smallest absolute Gasteiger partial charge is 0.223 e. The van der Waals surface area contributed by atoms with Gasteiger partial charge in [0.15, 0.2) is 0 Å². The highest BCUT2D eigenvalue weighted by molar-refractivity contribution is 5.79. The van der Waals surface area contributed by atoms with Crippen LogP contribution in [0.15, 0.2) is 24.3 Å². The fourth-order valence-electron chi connectivity index (χ4n) is 2.71. The minimum atomic E-state index is 0.110. The highest BCUT2D eigenvalue weighted by Crippen LogP contribution is 2.24. The number of rotatable bonds is 3. The van der Waals surface area contributed by atoms with E-state index < -0.39 is 0 Å². The molecule has 0 spiro atoms. The van der Waals surface area contributed by atoms with E-state index in [0.29, 0.717) is 6.54 Å². The number of amides is 1. The summed E-state index contributed by atoms with van der Waals surface area (Å²) in [6.07, 6.45) is 2.73. The van der Waals surface area contributed by atoms with E-state index >= 15 is 0 Å². The average molecular weight is 274 g/mol. The average Bonchev–Trinajstić information content (AvgIpc) is 2.82. The highest BCUT2D eigenvalue weighted by atomic mass is 16.1. The van der Waals surface area contributed by atoms with Crippen LogP contribution in [0.2, 0.25) is 0 Å². The van der Waals surface area contributed by atoms with Gasteiger partial charge in [-0.25, -0.2) is 0 Å². The van der Waals surface area contributed by atoms with Gasteiger partial charge in [0.2, 0.25) is 5.91 Å². The Kier molecular flexibility index (Phi) is 4.48. The van der Waals surface area contributed by atoms with Crippen molar-refractivity contribution < 1.29 is 4.79 Å². The number of nitrogens with two attached hydrogens (primary N) is 1. The summed E-state index contributed by atoms with van der Waals surface area (Å²) in [6.45, 7) is 7.21. The van der Waals surface area contributed by atoms with Gasteiger partial charge in [0.1, 0.15) is 0 Å². The fourth-order valence-corrected chi connectivity index (χ4v) is 2.71. The lowest BCUT2D eigenvalue weighted by Gasteiger charge is -2.19. The molecule has 1 fully saturated rings. The summed E-state index contributed by atoms with van der Waals surface area (Å²) in [5.41, 5.74) is 8.48. The summed E-state index contributed by atoms with van der Waals surface area (Å²) in [5.74, 6) is 0.261. The van der Waals surface area contributed by atoms with Gasteiger partial charge in [-0.2, -0.15) is 0 Å². The van der Waals surface area contributed by atoms with Gasteiger partial charge in [-0.05, 0) is 35.8 Å². The molecule has 0 aliphatic heterocycles. The van der Waals surface area contributed by atoms with E-state index in [1.807, 2.05) is 0 Å². The molecule has 0 bridgehead atoms. The third kappa shape index (κ3) is 3.83. The van der Waals surface area contributed by atoms with Crippen LogP contribution in [0.4, 0.5) is 0 Å². The van der Waals surface area contributed by atoms with E-state index in [1.54, 1.807) is 0 Å². The molecule has 1 aliphatic rings. The van der Waals surface area contributed by atoms with Gasteiger partial charge in [-0.1, -0.05) is 45.0 Å². The normalized spacial score (nSPS) is 22.8. The number of carbonyl (C=O) groups excluding carboxylic acids is 1. The summed E-state index contributed by atoms with van der Waals surface area (Å²) in [6, 6.07) is 8.69. The maximum atomic E-state index is 12.0. The molecule has 3 nitrogen and oxygen atoms in total. The number of hydrogen-bond acceptors (Lipinski definition) is 2. The molecule has 1 aromatic carbocycles. The Balaban J connectivity index is 1.86. The molecular weight excluding hydrogens is 248 g/mol. The van der Waals surface area contributed by atoms with E-state index in [-0.39, 0.29) is 23.3 Å². The largest absolute Gasteiger partial charge is 0.352 e. The molecule has 3 N–H and O–H groups in total. The molecule has 0 radical (unpaired) electrons. The van der Waals surface area contributed by atoms with Crippen molar-refractivity contribution in [3.8, 4) is 0 Å². The molecule has 3 heteroatoms. The molecule has 110 valence electrons. The van der Waals surface area contributed by atoms with Crippen LogP contribution in [0.3, 0.4) is 0 Å². The summed E-state index contributed by atoms with van der Waals surface area (Å²) >= 11 is 0. The van der Waals surface area contributed by atoms with Gasteiger partial charge in [-0.3, -0.25) is 4.79 Å². The highest BCUT2D eigenvalue weighted by Gasteiger charge is 2.27. The molecule has 2 rings (SSSR count). The Labute approximate surface area is 121 Å². The third-order valence-corrected chi connectivity index (χ3v) is 4.13. The van der Waals surface area contributed by atoms with Crippen LogP contribution in [0.25, 0.3) is 0 Å². The zero-order valence-electron chi connectivity index (χ0n) is 12.8. The second-order valence-electron chi connectivity index (χ2n) is 6.93. The zero-order valence-corrected chi connectivity index (χ0v) is 12.8. The third-order valence-electron chi connectivity index (χ3n) is 4.13. The number of carbonyl (C=O) groups is 1. The van der Waals surface area contributed by atoms with E-state index in [2.05, 4.69) is 50.4 Å². The minimum absolute atomic E-state index is 0.110. The van der Waals surface area contributed by atoms with E-state index in [9.17, 15) is 4.79 Å². The lowest BCUT2D eigenvalue weighted by atomic mass is 9.87. The van der Waals surface area contributed by atoms with Crippen molar-refractivity contribution in [3.63, 3.8) is 0 Å². The van der Waals surface area contributed by atoms with Crippen molar-refractivity contribution in [2.45, 2.75) is 58.0 Å². The fraction of sp³-hybridized carbons (Fsp3) is 0.588. The molecule has 2 unspecified atom stereocenters. The molecular formula is C17H26N2O. The van der Waals surface area contributed by atoms with E-state index in [0.717, 1.165) is 24.8 Å². The van der Waals surface area contributed by atoms with Crippen LogP contribution in [-0.2, 0) is 16.8 Å². The first-order chi connectivity index (χ1) is 9.36. The van der Waals surface area contributed by atoms with Gasteiger partial charge in [-0.15, -0.1) is 0 Å². The van der Waals surface area contributed by atoms with E-state index in [1.165, 1.54) is 5.56 Å². The van der Waals surface area contributed by atoms with Crippen molar-refractivity contribution in [1.29, 1.82) is 0 Å². The van der Waals surface area contributed by atoms with Crippen LogP contribution in [0, 0.1) is 5.92 Å². The maximum absolute atomic E-state index is 12.0. The van der Waals surface area contributed by atoms with Crippen molar-refractivity contribution in [3.05, 3.63) is 35.4 Å². The molecule has 2 atom stereocenters. The summed E-state index contributed by atoms with van der Waals surface area (Å²) < 4.78 is 0. The van der Waals surface area contributed by atoms with Crippen LogP contribution in [-0.4, -0.2) is 11.9 Å². The van der Waals surface area contributed by atoms with E-state index in [4.69, 9.17) is 5.73 Å².